The largest absolute Gasteiger partial charge is 0.490 e. The van der Waals surface area contributed by atoms with Crippen LogP contribution in [-0.4, -0.2) is 35.7 Å². The van der Waals surface area contributed by atoms with Crippen LogP contribution in [0.2, 0.25) is 0 Å². The number of fused-ring (bicyclic) bond motifs is 2. The average Bonchev–Trinajstić information content (AvgIpc) is 3.30. The Bertz CT molecular complexity index is 1550. The zero-order chi connectivity index (χ0) is 29.8. The number of carboxylic acid groups (broad SMARTS) is 1. The third kappa shape index (κ3) is 5.33. The number of halogens is 2. The molecule has 0 spiro atoms. The molecule has 0 unspecified atom stereocenters. The van der Waals surface area contributed by atoms with Crippen LogP contribution in [0.5, 0.6) is 5.75 Å². The molecule has 1 amide bonds. The first-order valence-corrected chi connectivity index (χ1v) is 13.9. The highest BCUT2D eigenvalue weighted by Gasteiger charge is 2.37. The normalized spacial score (nSPS) is 15.3. The highest BCUT2D eigenvalue weighted by molar-refractivity contribution is 6.08. The summed E-state index contributed by atoms with van der Waals surface area (Å²) in [5, 5.41) is 10.4. The van der Waals surface area contributed by atoms with Gasteiger partial charge in [0.2, 0.25) is 0 Å². The first kappa shape index (κ1) is 28.7. The summed E-state index contributed by atoms with van der Waals surface area (Å²) in [5.41, 5.74) is 5.12. The van der Waals surface area contributed by atoms with Crippen LogP contribution in [0.25, 0.3) is 11.1 Å². The molecule has 8 heteroatoms. The Morgan fingerprint density at radius 2 is 1.76 bits per heavy atom. The van der Waals surface area contributed by atoms with Gasteiger partial charge in [-0.3, -0.25) is 4.79 Å². The highest BCUT2D eigenvalue weighted by atomic mass is 19.1. The quantitative estimate of drug-likeness (QED) is 0.361. The van der Waals surface area contributed by atoms with Crippen LogP contribution in [0.4, 0.5) is 14.5 Å². The van der Waals surface area contributed by atoms with Crippen molar-refractivity contribution in [3.8, 4) is 16.9 Å². The van der Waals surface area contributed by atoms with Gasteiger partial charge >= 0.3 is 5.97 Å². The van der Waals surface area contributed by atoms with E-state index in [4.69, 9.17) is 9.47 Å². The minimum Gasteiger partial charge on any atom is -0.490 e. The fourth-order valence-electron chi connectivity index (χ4n) is 6.07. The van der Waals surface area contributed by atoms with Crippen molar-refractivity contribution in [3.63, 3.8) is 0 Å². The van der Waals surface area contributed by atoms with Gasteiger partial charge in [0.25, 0.3) is 5.91 Å². The molecule has 0 saturated carbocycles. The van der Waals surface area contributed by atoms with Gasteiger partial charge in [-0.25, -0.2) is 13.6 Å². The van der Waals surface area contributed by atoms with E-state index in [9.17, 15) is 19.1 Å². The Hall–Kier alpha value is -3.78. The van der Waals surface area contributed by atoms with Crippen molar-refractivity contribution >= 4 is 17.6 Å². The fraction of sp³-hybridized carbons (Fsp3) is 0.394. The summed E-state index contributed by atoms with van der Waals surface area (Å²) in [7, 11) is 0. The van der Waals surface area contributed by atoms with E-state index in [1.54, 1.807) is 51.7 Å². The van der Waals surface area contributed by atoms with Gasteiger partial charge in [0.1, 0.15) is 5.82 Å². The molecule has 0 aliphatic carbocycles. The minimum absolute atomic E-state index is 0.228. The zero-order valence-corrected chi connectivity index (χ0v) is 24.3. The lowest BCUT2D eigenvalue weighted by Gasteiger charge is -2.30. The second kappa shape index (κ2) is 10.6. The van der Waals surface area contributed by atoms with Crippen LogP contribution < -0.4 is 9.64 Å². The number of nitrogens with zero attached hydrogens (tertiary/aromatic N) is 1. The molecule has 0 bridgehead atoms. The summed E-state index contributed by atoms with van der Waals surface area (Å²) in [6.07, 6.45) is 0.463. The Morgan fingerprint density at radius 3 is 2.41 bits per heavy atom. The van der Waals surface area contributed by atoms with E-state index in [1.807, 2.05) is 6.92 Å². The summed E-state index contributed by atoms with van der Waals surface area (Å²) in [6, 6.07) is 7.43. The summed E-state index contributed by atoms with van der Waals surface area (Å²) >= 11 is 0. The zero-order valence-electron chi connectivity index (χ0n) is 24.3. The molecule has 5 rings (SSSR count). The molecule has 3 aromatic carbocycles. The number of anilines is 1. The number of ether oxygens (including phenoxy) is 2. The SMILES string of the molecule is Cc1cc(F)cc(C(=O)N2CCc3c2cc(C)c([C@H](OC(C)(C)C)C(=O)O)c3-c2cc(F)c3c(c2C)CCCO3)c1. The van der Waals surface area contributed by atoms with Crippen molar-refractivity contribution in [3.05, 3.63) is 80.9 Å². The Morgan fingerprint density at radius 1 is 1.02 bits per heavy atom. The number of aliphatic carboxylic acids is 1. The van der Waals surface area contributed by atoms with Gasteiger partial charge < -0.3 is 19.5 Å². The molecule has 41 heavy (non-hydrogen) atoms. The Kier molecular flexibility index (Phi) is 7.40. The highest BCUT2D eigenvalue weighted by Crippen LogP contribution is 2.47. The van der Waals surface area contributed by atoms with Crippen molar-refractivity contribution in [1.29, 1.82) is 0 Å². The fourth-order valence-corrected chi connectivity index (χ4v) is 6.07. The van der Waals surface area contributed by atoms with Crippen molar-refractivity contribution in [2.45, 2.75) is 72.5 Å². The number of benzene rings is 3. The van der Waals surface area contributed by atoms with E-state index >= 15 is 4.39 Å². The molecule has 0 fully saturated rings. The first-order chi connectivity index (χ1) is 19.3. The van der Waals surface area contributed by atoms with E-state index in [2.05, 4.69) is 0 Å². The number of carboxylic acids is 1. The Balaban J connectivity index is 1.78. The molecule has 1 atom stereocenters. The van der Waals surface area contributed by atoms with Crippen LogP contribution in [0, 0.1) is 32.4 Å². The molecule has 6 nitrogen and oxygen atoms in total. The number of amides is 1. The molecule has 2 aliphatic heterocycles. The van der Waals surface area contributed by atoms with Crippen LogP contribution in [0.3, 0.4) is 0 Å². The van der Waals surface area contributed by atoms with Crippen LogP contribution in [-0.2, 0) is 22.4 Å². The summed E-state index contributed by atoms with van der Waals surface area (Å²) in [5.74, 6) is -2.28. The van der Waals surface area contributed by atoms with Gasteiger partial charge in [-0.1, -0.05) is 0 Å². The third-order valence-electron chi connectivity index (χ3n) is 7.73. The predicted molar refractivity (Wildman–Crippen MR) is 153 cm³/mol. The predicted octanol–water partition coefficient (Wildman–Crippen LogP) is 7.03. The molecular formula is C33H35F2NO5. The van der Waals surface area contributed by atoms with Gasteiger partial charge in [-0.05, 0) is 125 Å². The lowest BCUT2D eigenvalue weighted by atomic mass is 9.83. The molecule has 3 aromatic rings. The van der Waals surface area contributed by atoms with Crippen molar-refractivity contribution < 1.29 is 33.0 Å². The first-order valence-electron chi connectivity index (χ1n) is 13.9. The van der Waals surface area contributed by atoms with Crippen molar-refractivity contribution in [2.75, 3.05) is 18.1 Å². The van der Waals surface area contributed by atoms with Gasteiger partial charge in [0.15, 0.2) is 17.7 Å². The number of hydrogen-bond donors (Lipinski definition) is 1. The van der Waals surface area contributed by atoms with E-state index in [1.165, 1.54) is 18.2 Å². The van der Waals surface area contributed by atoms with E-state index in [0.29, 0.717) is 59.5 Å². The molecular weight excluding hydrogens is 528 g/mol. The smallest absolute Gasteiger partial charge is 0.337 e. The van der Waals surface area contributed by atoms with Gasteiger partial charge in [0, 0.05) is 28.9 Å². The summed E-state index contributed by atoms with van der Waals surface area (Å²) in [6.45, 7) is 11.5. The van der Waals surface area contributed by atoms with Crippen molar-refractivity contribution in [2.24, 2.45) is 0 Å². The standard InChI is InChI=1S/C33H35F2NO5/c1-17-12-20(15-21(34)13-17)31(37)36-10-9-23-26(36)14-18(2)27(30(32(38)39)41-33(4,5)6)28(23)24-16-25(35)29-22(19(24)3)8-7-11-40-29/h12-16,30H,7-11H2,1-6H3,(H,38,39)/t30-/m0/s1. The second-order valence-electron chi connectivity index (χ2n) is 11.9. The molecule has 0 aromatic heterocycles. The number of hydrogen-bond acceptors (Lipinski definition) is 4. The lowest BCUT2D eigenvalue weighted by molar-refractivity contribution is -0.160. The van der Waals surface area contributed by atoms with Crippen LogP contribution >= 0.6 is 0 Å². The molecule has 2 aliphatic rings. The van der Waals surface area contributed by atoms with Crippen LogP contribution in [0.15, 0.2) is 30.3 Å². The van der Waals surface area contributed by atoms with E-state index in [0.717, 1.165) is 23.1 Å². The summed E-state index contributed by atoms with van der Waals surface area (Å²) < 4.78 is 41.5. The number of aryl methyl sites for hydroxylation is 2. The maximum Gasteiger partial charge on any atom is 0.337 e. The van der Waals surface area contributed by atoms with Gasteiger partial charge in [0.05, 0.1) is 12.2 Å². The monoisotopic (exact) mass is 563 g/mol. The minimum atomic E-state index is -1.33. The summed E-state index contributed by atoms with van der Waals surface area (Å²) in [4.78, 5) is 28.0. The third-order valence-corrected chi connectivity index (χ3v) is 7.73. The molecule has 1 N–H and O–H groups in total. The number of carbonyl (C=O) groups excluding carboxylic acids is 1. The number of carbonyl (C=O) groups is 2. The maximum absolute atomic E-state index is 15.5. The molecule has 0 radical (unpaired) electrons. The number of rotatable bonds is 5. The van der Waals surface area contributed by atoms with E-state index in [-0.39, 0.29) is 17.2 Å². The maximum atomic E-state index is 15.5. The molecule has 2 heterocycles. The Labute approximate surface area is 238 Å². The topological polar surface area (TPSA) is 76.1 Å². The van der Waals surface area contributed by atoms with Crippen molar-refractivity contribution in [1.82, 2.24) is 0 Å². The molecule has 216 valence electrons. The van der Waals surface area contributed by atoms with E-state index < -0.39 is 29.3 Å². The van der Waals surface area contributed by atoms with Crippen LogP contribution in [0.1, 0.15) is 77.0 Å². The van der Waals surface area contributed by atoms with Gasteiger partial charge in [-0.2, -0.15) is 0 Å². The molecule has 0 saturated heterocycles. The van der Waals surface area contributed by atoms with Gasteiger partial charge in [-0.15, -0.1) is 0 Å². The average molecular weight is 564 g/mol. The second-order valence-corrected chi connectivity index (χ2v) is 11.9. The lowest BCUT2D eigenvalue weighted by Crippen LogP contribution is -2.30.